The van der Waals surface area contributed by atoms with Gasteiger partial charge in [-0.2, -0.15) is 0 Å². The normalized spacial score (nSPS) is 10.3. The van der Waals surface area contributed by atoms with Crippen LogP contribution in [-0.2, 0) is 17.7 Å². The van der Waals surface area contributed by atoms with Crippen molar-refractivity contribution in [3.63, 3.8) is 0 Å². The maximum Gasteiger partial charge on any atom is 0.126 e. The summed E-state index contributed by atoms with van der Waals surface area (Å²) in [5, 5.41) is 3.94. The van der Waals surface area contributed by atoms with E-state index in [0.29, 0.717) is 19.8 Å². The van der Waals surface area contributed by atoms with Gasteiger partial charge in [-0.1, -0.05) is 31.7 Å². The van der Waals surface area contributed by atoms with Gasteiger partial charge >= 0.3 is 0 Å². The summed E-state index contributed by atoms with van der Waals surface area (Å²) in [6, 6.07) is 2.11. The Bertz CT molecular complexity index is 575. The van der Waals surface area contributed by atoms with E-state index in [1.54, 1.807) is 6.08 Å². The SMILES string of the molecule is C=CCOc1cc(CC)c(OCCCCON=C(C)C)c(CC)c1C. The van der Waals surface area contributed by atoms with Crippen molar-refractivity contribution >= 4 is 5.71 Å². The molecule has 0 unspecified atom stereocenters. The second-order valence-electron chi connectivity index (χ2n) is 6.20. The highest BCUT2D eigenvalue weighted by molar-refractivity contribution is 5.78. The molecule has 0 bridgehead atoms. The molecule has 0 aliphatic carbocycles. The topological polar surface area (TPSA) is 40.0 Å². The second kappa shape index (κ2) is 11.6. The molecule has 0 saturated heterocycles. The first-order valence-electron chi connectivity index (χ1n) is 9.20. The fraction of sp³-hybridized carbons (Fsp3) is 0.571. The van der Waals surface area contributed by atoms with Crippen LogP contribution in [0.1, 0.15) is 57.2 Å². The Morgan fingerprint density at radius 2 is 1.84 bits per heavy atom. The minimum absolute atomic E-state index is 0.521. The van der Waals surface area contributed by atoms with Crippen molar-refractivity contribution in [3.8, 4) is 11.5 Å². The molecule has 0 N–H and O–H groups in total. The number of aryl methyl sites for hydroxylation is 1. The van der Waals surface area contributed by atoms with E-state index in [-0.39, 0.29) is 0 Å². The molecule has 1 aromatic carbocycles. The van der Waals surface area contributed by atoms with Gasteiger partial charge in [-0.15, -0.1) is 0 Å². The Labute approximate surface area is 152 Å². The van der Waals surface area contributed by atoms with Crippen molar-refractivity contribution < 1.29 is 14.3 Å². The van der Waals surface area contributed by atoms with Gasteiger partial charge in [0.15, 0.2) is 0 Å². The Hall–Kier alpha value is -1.97. The molecule has 0 atom stereocenters. The number of oxime groups is 1. The maximum atomic E-state index is 6.15. The fourth-order valence-corrected chi connectivity index (χ4v) is 2.63. The number of rotatable bonds is 12. The van der Waals surface area contributed by atoms with Gasteiger partial charge in [-0.3, -0.25) is 0 Å². The lowest BCUT2D eigenvalue weighted by molar-refractivity contribution is 0.135. The lowest BCUT2D eigenvalue weighted by atomic mass is 9.98. The first-order valence-corrected chi connectivity index (χ1v) is 9.20. The summed E-state index contributed by atoms with van der Waals surface area (Å²) < 4.78 is 12.0. The van der Waals surface area contributed by atoms with Crippen molar-refractivity contribution in [2.24, 2.45) is 5.16 Å². The molecule has 140 valence electrons. The van der Waals surface area contributed by atoms with E-state index in [2.05, 4.69) is 38.6 Å². The van der Waals surface area contributed by atoms with Crippen LogP contribution in [0.15, 0.2) is 23.9 Å². The quantitative estimate of drug-likeness (QED) is 0.224. The van der Waals surface area contributed by atoms with Crippen LogP contribution in [0.4, 0.5) is 0 Å². The lowest BCUT2D eigenvalue weighted by Crippen LogP contribution is -2.07. The highest BCUT2D eigenvalue weighted by Crippen LogP contribution is 2.35. The number of ether oxygens (including phenoxy) is 2. The monoisotopic (exact) mass is 347 g/mol. The van der Waals surface area contributed by atoms with Crippen LogP contribution in [-0.4, -0.2) is 25.5 Å². The van der Waals surface area contributed by atoms with Gasteiger partial charge in [0.05, 0.1) is 12.3 Å². The first kappa shape index (κ1) is 21.1. The third-order valence-corrected chi connectivity index (χ3v) is 3.91. The summed E-state index contributed by atoms with van der Waals surface area (Å²) >= 11 is 0. The van der Waals surface area contributed by atoms with Crippen LogP contribution in [0.2, 0.25) is 0 Å². The van der Waals surface area contributed by atoms with Crippen molar-refractivity contribution in [1.82, 2.24) is 0 Å². The summed E-state index contributed by atoms with van der Waals surface area (Å²) in [4.78, 5) is 5.22. The van der Waals surface area contributed by atoms with Crippen molar-refractivity contribution in [3.05, 3.63) is 35.4 Å². The Morgan fingerprint density at radius 1 is 1.12 bits per heavy atom. The standard InChI is InChI=1S/C21H33NO3/c1-7-12-23-20-15-18(8-2)21(19(9-3)17(20)6)24-13-10-11-14-25-22-16(4)5/h7,15H,1,8-14H2,2-6H3. The van der Waals surface area contributed by atoms with Crippen molar-refractivity contribution in [2.45, 2.75) is 60.3 Å². The zero-order chi connectivity index (χ0) is 18.7. The smallest absolute Gasteiger partial charge is 0.126 e. The fourth-order valence-electron chi connectivity index (χ4n) is 2.63. The second-order valence-corrected chi connectivity index (χ2v) is 6.20. The molecule has 0 fully saturated rings. The first-order chi connectivity index (χ1) is 12.0. The maximum absolute atomic E-state index is 6.15. The molecule has 0 aromatic heterocycles. The molecule has 0 radical (unpaired) electrons. The zero-order valence-corrected chi connectivity index (χ0v) is 16.5. The van der Waals surface area contributed by atoms with E-state index in [1.165, 1.54) is 11.1 Å². The molecule has 0 aliphatic heterocycles. The van der Waals surface area contributed by atoms with Gasteiger partial charge in [-0.25, -0.2) is 0 Å². The van der Waals surface area contributed by atoms with Crippen LogP contribution in [0.5, 0.6) is 11.5 Å². The third-order valence-electron chi connectivity index (χ3n) is 3.91. The number of unbranched alkanes of at least 4 members (excludes halogenated alkanes) is 1. The highest BCUT2D eigenvalue weighted by Gasteiger charge is 2.15. The van der Waals surface area contributed by atoms with Crippen molar-refractivity contribution in [2.75, 3.05) is 19.8 Å². The van der Waals surface area contributed by atoms with Gasteiger partial charge in [0, 0.05) is 5.56 Å². The summed E-state index contributed by atoms with van der Waals surface area (Å²) in [6.07, 6.45) is 5.48. The number of nitrogens with zero attached hydrogens (tertiary/aromatic N) is 1. The molecule has 0 heterocycles. The molecule has 1 rings (SSSR count). The molecule has 0 saturated carbocycles. The highest BCUT2D eigenvalue weighted by atomic mass is 16.6. The summed E-state index contributed by atoms with van der Waals surface area (Å²) in [5.41, 5.74) is 4.53. The van der Waals surface area contributed by atoms with E-state index >= 15 is 0 Å². The van der Waals surface area contributed by atoms with Gasteiger partial charge in [0.2, 0.25) is 0 Å². The number of hydrogen-bond acceptors (Lipinski definition) is 4. The van der Waals surface area contributed by atoms with Gasteiger partial charge in [0.1, 0.15) is 24.7 Å². The van der Waals surface area contributed by atoms with E-state index in [9.17, 15) is 0 Å². The van der Waals surface area contributed by atoms with Crippen LogP contribution in [0.3, 0.4) is 0 Å². The van der Waals surface area contributed by atoms with Crippen molar-refractivity contribution in [1.29, 1.82) is 0 Å². The largest absolute Gasteiger partial charge is 0.493 e. The number of hydrogen-bond donors (Lipinski definition) is 0. The summed E-state index contributed by atoms with van der Waals surface area (Å²) in [5.74, 6) is 1.96. The minimum Gasteiger partial charge on any atom is -0.493 e. The lowest BCUT2D eigenvalue weighted by Gasteiger charge is -2.20. The summed E-state index contributed by atoms with van der Waals surface area (Å²) in [7, 11) is 0. The van der Waals surface area contributed by atoms with Crippen LogP contribution in [0, 0.1) is 6.92 Å². The molecule has 25 heavy (non-hydrogen) atoms. The van der Waals surface area contributed by atoms with Gasteiger partial charge in [-0.05, 0) is 63.6 Å². The Morgan fingerprint density at radius 3 is 2.44 bits per heavy atom. The van der Waals surface area contributed by atoms with E-state index < -0.39 is 0 Å². The van der Waals surface area contributed by atoms with Crippen LogP contribution < -0.4 is 9.47 Å². The molecule has 0 spiro atoms. The summed E-state index contributed by atoms with van der Waals surface area (Å²) in [6.45, 7) is 15.8. The Balaban J connectivity index is 2.72. The molecular formula is C21H33NO3. The van der Waals surface area contributed by atoms with Gasteiger partial charge in [0.25, 0.3) is 0 Å². The van der Waals surface area contributed by atoms with E-state index in [0.717, 1.165) is 48.5 Å². The van der Waals surface area contributed by atoms with Gasteiger partial charge < -0.3 is 14.3 Å². The van der Waals surface area contributed by atoms with Crippen LogP contribution >= 0.6 is 0 Å². The molecule has 4 heteroatoms. The minimum atomic E-state index is 0.521. The third kappa shape index (κ3) is 6.81. The molecule has 1 aromatic rings. The molecule has 0 aliphatic rings. The predicted molar refractivity (Wildman–Crippen MR) is 105 cm³/mol. The van der Waals surface area contributed by atoms with Crippen LogP contribution in [0.25, 0.3) is 0 Å². The van der Waals surface area contributed by atoms with E-state index in [1.807, 2.05) is 13.8 Å². The average Bonchev–Trinajstić information content (AvgIpc) is 2.59. The molecular weight excluding hydrogens is 314 g/mol. The predicted octanol–water partition coefficient (Wildman–Crippen LogP) is 5.26. The molecule has 4 nitrogen and oxygen atoms in total. The average molecular weight is 347 g/mol. The zero-order valence-electron chi connectivity index (χ0n) is 16.5. The molecule has 0 amide bonds. The van der Waals surface area contributed by atoms with E-state index in [4.69, 9.17) is 14.3 Å². The Kier molecular flexibility index (Phi) is 9.75. The number of benzene rings is 1.